The molecule has 1 aromatic heterocycles. The molecule has 2 aromatic rings. The molecule has 4 nitrogen and oxygen atoms in total. The van der Waals surface area contributed by atoms with Gasteiger partial charge in [0.2, 0.25) is 0 Å². The predicted molar refractivity (Wildman–Crippen MR) is 110 cm³/mol. The molecule has 0 saturated heterocycles. The van der Waals surface area contributed by atoms with Gasteiger partial charge in [-0.3, -0.25) is 9.78 Å². The van der Waals surface area contributed by atoms with Crippen LogP contribution in [0, 0.1) is 0 Å². The number of anilines is 1. The number of hydrogen-bond acceptors (Lipinski definition) is 2. The van der Waals surface area contributed by atoms with Crippen molar-refractivity contribution in [1.29, 1.82) is 0 Å². The molecule has 0 aliphatic carbocycles. The molecule has 0 radical (unpaired) electrons. The number of aryl methyl sites for hydroxylation is 1. The van der Waals surface area contributed by atoms with Crippen LogP contribution >= 0.6 is 0 Å². The Morgan fingerprint density at radius 2 is 1.85 bits per heavy atom. The Bertz CT molecular complexity index is 747. The number of carbonyl (C=O) groups is 1. The minimum Gasteiger partial charge on any atom is -0.334 e. The topological polar surface area (TPSA) is 58.6 Å². The summed E-state index contributed by atoms with van der Waals surface area (Å²) in [7, 11) is 0. The summed E-state index contributed by atoms with van der Waals surface area (Å²) in [6.45, 7) is 11.2. The maximum Gasteiger partial charge on any atom is 0.279 e. The molecule has 0 bridgehead atoms. The summed E-state index contributed by atoms with van der Waals surface area (Å²) in [5, 5.41) is 6.33. The summed E-state index contributed by atoms with van der Waals surface area (Å²) >= 11 is 0. The minimum atomic E-state index is 0.0379. The van der Waals surface area contributed by atoms with Crippen LogP contribution in [0.25, 0.3) is 10.9 Å². The third kappa shape index (κ3) is 5.53. The molecule has 0 saturated carbocycles. The molecule has 3 N–H and O–H groups in total. The van der Waals surface area contributed by atoms with Crippen molar-refractivity contribution >= 4 is 22.5 Å². The first kappa shape index (κ1) is 20.4. The van der Waals surface area contributed by atoms with Crippen LogP contribution in [-0.4, -0.2) is 23.0 Å². The summed E-state index contributed by atoms with van der Waals surface area (Å²) in [4.78, 5) is 17.5. The normalized spacial score (nSPS) is 11.7. The highest BCUT2D eigenvalue weighted by atomic mass is 16.1. The zero-order chi connectivity index (χ0) is 19.2. The fraction of sp³-hybridized carbons (Fsp3) is 0.545. The Morgan fingerprint density at radius 3 is 2.50 bits per heavy atom. The number of para-hydroxylation sites is 1. The maximum atomic E-state index is 12.6. The van der Waals surface area contributed by atoms with E-state index >= 15 is 0 Å². The molecule has 1 aromatic carbocycles. The number of unbranched alkanes of at least 4 members (excludes halogenated alkanes) is 1. The van der Waals surface area contributed by atoms with E-state index in [1.54, 1.807) is 0 Å². The van der Waals surface area contributed by atoms with Gasteiger partial charge in [0.05, 0.1) is 16.7 Å². The van der Waals surface area contributed by atoms with Gasteiger partial charge in [0.15, 0.2) is 6.54 Å². The van der Waals surface area contributed by atoms with Crippen LogP contribution < -0.4 is 10.6 Å². The number of nitrogens with zero attached hydrogens (tertiary/aromatic N) is 1. The summed E-state index contributed by atoms with van der Waals surface area (Å²) in [6, 6.07) is 8.13. The van der Waals surface area contributed by atoms with Crippen molar-refractivity contribution in [3.05, 3.63) is 35.5 Å². The van der Waals surface area contributed by atoms with Gasteiger partial charge in [0.25, 0.3) is 5.91 Å². The second-order valence-electron chi connectivity index (χ2n) is 8.11. The van der Waals surface area contributed by atoms with Crippen molar-refractivity contribution in [3.63, 3.8) is 0 Å². The number of aromatic nitrogens is 1. The molecule has 142 valence electrons. The lowest BCUT2D eigenvalue weighted by Gasteiger charge is -2.19. The smallest absolute Gasteiger partial charge is 0.279 e. The molecule has 0 aliphatic heterocycles. The van der Waals surface area contributed by atoms with E-state index in [0.29, 0.717) is 6.54 Å². The second-order valence-corrected chi connectivity index (χ2v) is 8.11. The first-order valence-electron chi connectivity index (χ1n) is 9.90. The third-order valence-electron chi connectivity index (χ3n) is 4.51. The van der Waals surface area contributed by atoms with Gasteiger partial charge in [-0.1, -0.05) is 44.9 Å². The summed E-state index contributed by atoms with van der Waals surface area (Å²) in [5.41, 5.74) is 4.33. The summed E-state index contributed by atoms with van der Waals surface area (Å²) in [5.74, 6) is 0.0510. The number of nitrogens with one attached hydrogen (secondary N) is 1. The minimum absolute atomic E-state index is 0.0379. The van der Waals surface area contributed by atoms with Crippen LogP contribution in [0.1, 0.15) is 65.1 Å². The van der Waals surface area contributed by atoms with Crippen molar-refractivity contribution in [2.45, 2.75) is 72.3 Å². The first-order valence-corrected chi connectivity index (χ1v) is 9.90. The molecular weight excluding hydrogens is 322 g/mol. The number of pyridine rings is 1. The molecule has 4 heteroatoms. The molecule has 26 heavy (non-hydrogen) atoms. The van der Waals surface area contributed by atoms with Crippen molar-refractivity contribution in [1.82, 2.24) is 4.98 Å². The highest BCUT2D eigenvalue weighted by Gasteiger charge is 2.19. The highest BCUT2D eigenvalue weighted by Crippen LogP contribution is 2.30. The molecular formula is C22H34N3O+. The monoisotopic (exact) mass is 356 g/mol. The zero-order valence-electron chi connectivity index (χ0n) is 17.0. The Morgan fingerprint density at radius 1 is 1.12 bits per heavy atom. The Labute approximate surface area is 157 Å². The molecule has 0 spiro atoms. The van der Waals surface area contributed by atoms with Gasteiger partial charge in [-0.05, 0) is 51.7 Å². The number of fused-ring (bicyclic) bond motifs is 1. The van der Waals surface area contributed by atoms with E-state index in [4.69, 9.17) is 4.98 Å². The van der Waals surface area contributed by atoms with Crippen LogP contribution in [0.15, 0.2) is 24.3 Å². The maximum absolute atomic E-state index is 12.6. The van der Waals surface area contributed by atoms with Gasteiger partial charge >= 0.3 is 0 Å². The summed E-state index contributed by atoms with van der Waals surface area (Å²) in [6.07, 6.45) is 5.20. The number of benzene rings is 1. The van der Waals surface area contributed by atoms with E-state index in [-0.39, 0.29) is 11.4 Å². The Kier molecular flexibility index (Phi) is 7.15. The van der Waals surface area contributed by atoms with E-state index in [1.807, 2.05) is 18.2 Å². The fourth-order valence-corrected chi connectivity index (χ4v) is 3.10. The number of rotatable bonds is 8. The van der Waals surface area contributed by atoms with Gasteiger partial charge in [-0.2, -0.15) is 0 Å². The van der Waals surface area contributed by atoms with Crippen LogP contribution in [0.4, 0.5) is 5.69 Å². The lowest BCUT2D eigenvalue weighted by Crippen LogP contribution is -2.95. The first-order chi connectivity index (χ1) is 12.4. The standard InChI is InChI=1S/C22H33N3O/c1-6-8-13-18-16(11-7-2)21(17-12-9-10-14-19(17)24-18)25-20(26)15-23-22(3,4)5/h9-10,12,14,23H,6-8,11,13,15H2,1-5H3,(H,24,25,26)/p+1. The van der Waals surface area contributed by atoms with E-state index in [2.05, 4.69) is 51.3 Å². The number of hydrogen-bond donors (Lipinski definition) is 2. The van der Waals surface area contributed by atoms with Crippen molar-refractivity contribution in [2.75, 3.05) is 11.9 Å². The highest BCUT2D eigenvalue weighted by molar-refractivity contribution is 6.02. The van der Waals surface area contributed by atoms with Crippen molar-refractivity contribution < 1.29 is 10.1 Å². The number of quaternary nitrogens is 1. The van der Waals surface area contributed by atoms with E-state index in [1.165, 1.54) is 5.56 Å². The van der Waals surface area contributed by atoms with Crippen LogP contribution in [-0.2, 0) is 17.6 Å². The lowest BCUT2D eigenvalue weighted by molar-refractivity contribution is -0.707. The SMILES string of the molecule is CCCCc1nc2ccccc2c(NC(=O)C[NH2+]C(C)(C)C)c1CCC. The van der Waals surface area contributed by atoms with E-state index < -0.39 is 0 Å². The number of amides is 1. The Balaban J connectivity index is 2.42. The molecule has 0 aliphatic rings. The number of carbonyl (C=O) groups excluding carboxylic acids is 1. The average molecular weight is 357 g/mol. The molecule has 0 atom stereocenters. The van der Waals surface area contributed by atoms with Crippen molar-refractivity contribution in [2.24, 2.45) is 0 Å². The van der Waals surface area contributed by atoms with Crippen LogP contribution in [0.3, 0.4) is 0 Å². The second kappa shape index (κ2) is 9.13. The fourth-order valence-electron chi connectivity index (χ4n) is 3.10. The summed E-state index contributed by atoms with van der Waals surface area (Å²) < 4.78 is 0. The van der Waals surface area contributed by atoms with Gasteiger partial charge in [-0.25, -0.2) is 0 Å². The lowest BCUT2D eigenvalue weighted by atomic mass is 9.98. The van der Waals surface area contributed by atoms with Crippen molar-refractivity contribution in [3.8, 4) is 0 Å². The van der Waals surface area contributed by atoms with Crippen LogP contribution in [0.2, 0.25) is 0 Å². The molecule has 0 fully saturated rings. The average Bonchev–Trinajstić information content (AvgIpc) is 2.60. The van der Waals surface area contributed by atoms with Gasteiger partial charge in [0, 0.05) is 11.1 Å². The van der Waals surface area contributed by atoms with Gasteiger partial charge in [-0.15, -0.1) is 0 Å². The molecule has 2 rings (SSSR count). The number of nitrogens with two attached hydrogens (primary N) is 1. The quantitative estimate of drug-likeness (QED) is 0.755. The predicted octanol–water partition coefficient (Wildman–Crippen LogP) is 3.83. The molecule has 1 heterocycles. The van der Waals surface area contributed by atoms with Gasteiger partial charge in [0.1, 0.15) is 0 Å². The third-order valence-corrected chi connectivity index (χ3v) is 4.51. The van der Waals surface area contributed by atoms with Crippen LogP contribution in [0.5, 0.6) is 0 Å². The Hall–Kier alpha value is -1.94. The van der Waals surface area contributed by atoms with E-state index in [9.17, 15) is 4.79 Å². The molecule has 0 unspecified atom stereocenters. The van der Waals surface area contributed by atoms with Gasteiger partial charge < -0.3 is 10.6 Å². The van der Waals surface area contributed by atoms with E-state index in [0.717, 1.165) is 54.4 Å². The zero-order valence-corrected chi connectivity index (χ0v) is 17.0. The molecule has 1 amide bonds. The largest absolute Gasteiger partial charge is 0.334 e.